The molecule has 0 bridgehead atoms. The third kappa shape index (κ3) is 8.89. The first-order valence-electron chi connectivity index (χ1n) is 10.7. The molecule has 0 amide bonds. The Labute approximate surface area is 204 Å². The van der Waals surface area contributed by atoms with Crippen LogP contribution >= 0.6 is 0 Å². The SMILES string of the molecule is Cc1cc(C)c(O)c(C=N[C@H]2CCCC[C@@H]2N=Cc2cc(C)cc(C)c2O)c1.FB(F)F.[Co]. The molecule has 2 aromatic carbocycles. The van der Waals surface area contributed by atoms with Gasteiger partial charge < -0.3 is 10.2 Å². The van der Waals surface area contributed by atoms with Gasteiger partial charge in [-0.3, -0.25) is 22.9 Å². The number of hydrogen-bond donors (Lipinski definition) is 2. The van der Waals surface area contributed by atoms with E-state index in [4.69, 9.17) is 9.98 Å². The van der Waals surface area contributed by atoms with E-state index in [1.54, 1.807) is 12.4 Å². The summed E-state index contributed by atoms with van der Waals surface area (Å²) in [6.45, 7) is 7.86. The van der Waals surface area contributed by atoms with Crippen molar-refractivity contribution >= 4 is 20.0 Å². The number of aliphatic imine (C=N–C) groups is 2. The number of nitrogens with zero attached hydrogens (tertiary/aromatic N) is 2. The van der Waals surface area contributed by atoms with Crippen molar-refractivity contribution < 1.29 is 39.9 Å². The fourth-order valence-corrected chi connectivity index (χ4v) is 3.97. The van der Waals surface area contributed by atoms with E-state index in [1.165, 1.54) is 0 Å². The summed E-state index contributed by atoms with van der Waals surface area (Å²) in [5, 5.41) is 20.6. The molecule has 1 radical (unpaired) electrons. The molecule has 4 nitrogen and oxygen atoms in total. The smallest absolute Gasteiger partial charge is 0.507 e. The van der Waals surface area contributed by atoms with Gasteiger partial charge in [0.2, 0.25) is 0 Å². The molecule has 2 N–H and O–H groups in total. The molecule has 1 saturated carbocycles. The number of aromatic hydroxyl groups is 2. The number of phenols is 2. The van der Waals surface area contributed by atoms with Crippen molar-refractivity contribution in [3.8, 4) is 11.5 Å². The molecule has 0 spiro atoms. The topological polar surface area (TPSA) is 65.2 Å². The van der Waals surface area contributed by atoms with Crippen LogP contribution in [-0.4, -0.2) is 42.3 Å². The predicted octanol–water partition coefficient (Wildman–Crippen LogP) is 6.06. The minimum atomic E-state index is -3.67. The van der Waals surface area contributed by atoms with Gasteiger partial charge >= 0.3 is 7.54 Å². The summed E-state index contributed by atoms with van der Waals surface area (Å²) < 4.78 is 29.0. The van der Waals surface area contributed by atoms with Crippen molar-refractivity contribution in [3.05, 3.63) is 57.6 Å². The van der Waals surface area contributed by atoms with Crippen molar-refractivity contribution in [3.63, 3.8) is 0 Å². The molecule has 0 unspecified atom stereocenters. The monoisotopic (exact) mass is 505 g/mol. The Morgan fingerprint density at radius 2 is 1.09 bits per heavy atom. The van der Waals surface area contributed by atoms with Gasteiger partial charge in [-0.1, -0.05) is 25.0 Å². The molecule has 2 atom stereocenters. The minimum Gasteiger partial charge on any atom is -0.507 e. The van der Waals surface area contributed by atoms with E-state index in [2.05, 4.69) is 0 Å². The Kier molecular flexibility index (Phi) is 11.7. The molecule has 0 saturated heterocycles. The molecular formula is C24H30BCoF3N2O2. The summed E-state index contributed by atoms with van der Waals surface area (Å²) >= 11 is 0. The van der Waals surface area contributed by atoms with Crippen LogP contribution < -0.4 is 0 Å². The maximum atomic E-state index is 10.3. The average molecular weight is 505 g/mol. The van der Waals surface area contributed by atoms with Gasteiger partial charge in [0, 0.05) is 40.3 Å². The fourth-order valence-electron chi connectivity index (χ4n) is 3.97. The molecule has 9 heteroatoms. The minimum absolute atomic E-state index is 0. The van der Waals surface area contributed by atoms with E-state index in [-0.39, 0.29) is 28.9 Å². The summed E-state index contributed by atoms with van der Waals surface area (Å²) in [6.07, 6.45) is 7.85. The van der Waals surface area contributed by atoms with E-state index < -0.39 is 7.54 Å². The van der Waals surface area contributed by atoms with Crippen LogP contribution in [0.2, 0.25) is 0 Å². The van der Waals surface area contributed by atoms with Crippen LogP contribution in [0.15, 0.2) is 34.3 Å². The first-order chi connectivity index (χ1) is 15.1. The number of aryl methyl sites for hydroxylation is 4. The molecule has 3 rings (SSSR count). The Morgan fingerprint density at radius 1 is 0.758 bits per heavy atom. The second-order valence-corrected chi connectivity index (χ2v) is 8.26. The molecule has 2 aromatic rings. The first kappa shape index (κ1) is 28.8. The van der Waals surface area contributed by atoms with Crippen molar-refractivity contribution in [2.24, 2.45) is 9.98 Å². The summed E-state index contributed by atoms with van der Waals surface area (Å²) in [6, 6.07) is 8.05. The van der Waals surface area contributed by atoms with Crippen molar-refractivity contribution in [2.75, 3.05) is 0 Å². The van der Waals surface area contributed by atoms with Crippen LogP contribution in [0, 0.1) is 27.7 Å². The molecule has 1 aliphatic carbocycles. The van der Waals surface area contributed by atoms with Crippen LogP contribution in [0.3, 0.4) is 0 Å². The van der Waals surface area contributed by atoms with E-state index in [9.17, 15) is 23.2 Å². The maximum absolute atomic E-state index is 10.3. The van der Waals surface area contributed by atoms with Gasteiger partial charge in [0.25, 0.3) is 0 Å². The second kappa shape index (κ2) is 13.4. The molecule has 33 heavy (non-hydrogen) atoms. The second-order valence-electron chi connectivity index (χ2n) is 8.26. The summed E-state index contributed by atoms with van der Waals surface area (Å²) in [5.41, 5.74) is 5.48. The largest absolute Gasteiger partial charge is 0.762 e. The van der Waals surface area contributed by atoms with Gasteiger partial charge in [-0.15, -0.1) is 0 Å². The molecule has 0 aliphatic heterocycles. The molecule has 0 aromatic heterocycles. The Morgan fingerprint density at radius 3 is 1.42 bits per heavy atom. The van der Waals surface area contributed by atoms with Crippen LogP contribution in [0.25, 0.3) is 0 Å². The average Bonchev–Trinajstić information content (AvgIpc) is 2.71. The first-order valence-corrected chi connectivity index (χ1v) is 10.7. The van der Waals surface area contributed by atoms with E-state index in [1.807, 2.05) is 52.0 Å². The van der Waals surface area contributed by atoms with E-state index >= 15 is 0 Å². The van der Waals surface area contributed by atoms with Gasteiger partial charge in [0.15, 0.2) is 0 Å². The molecule has 0 heterocycles. The van der Waals surface area contributed by atoms with Gasteiger partial charge in [0.1, 0.15) is 11.5 Å². The number of halogens is 3. The number of rotatable bonds is 4. The summed E-state index contributed by atoms with van der Waals surface area (Å²) in [5.74, 6) is 0.593. The third-order valence-corrected chi connectivity index (χ3v) is 5.45. The number of hydrogen-bond acceptors (Lipinski definition) is 4. The fraction of sp³-hybridized carbons (Fsp3) is 0.417. The zero-order valence-electron chi connectivity index (χ0n) is 19.3. The van der Waals surface area contributed by atoms with Gasteiger partial charge in [-0.25, -0.2) is 0 Å². The van der Waals surface area contributed by atoms with E-state index in [0.717, 1.165) is 59.1 Å². The summed E-state index contributed by atoms with van der Waals surface area (Å²) in [4.78, 5) is 9.57. The number of benzene rings is 2. The van der Waals surface area contributed by atoms with Gasteiger partial charge in [0.05, 0.1) is 12.1 Å². The summed E-state index contributed by atoms with van der Waals surface area (Å²) in [7, 11) is -3.67. The van der Waals surface area contributed by atoms with Gasteiger partial charge in [-0.05, 0) is 74.9 Å². The molecular weight excluding hydrogens is 475 g/mol. The standard InChI is InChI=1S/C24H30N2O2.BF3.Co/c1-15-9-17(3)23(27)19(11-15)13-25-21-7-5-6-8-22(21)26-14-20-12-16(2)10-18(4)24(20)28;2-1(3)4;/h9-14,21-22,27-28H,5-8H2,1-4H3;;/t21-,22-;;/m0../s1. The molecule has 1 aliphatic rings. The van der Waals surface area contributed by atoms with Crippen molar-refractivity contribution in [2.45, 2.75) is 65.5 Å². The third-order valence-electron chi connectivity index (χ3n) is 5.45. The Hall–Kier alpha value is -2.26. The quantitative estimate of drug-likeness (QED) is 0.392. The number of phenolic OH excluding ortho intramolecular Hbond substituents is 2. The molecule has 181 valence electrons. The van der Waals surface area contributed by atoms with Gasteiger partial charge in [-0.2, -0.15) is 0 Å². The van der Waals surface area contributed by atoms with Crippen molar-refractivity contribution in [1.82, 2.24) is 0 Å². The van der Waals surface area contributed by atoms with Crippen LogP contribution in [0.5, 0.6) is 11.5 Å². The van der Waals surface area contributed by atoms with Crippen LogP contribution in [0.4, 0.5) is 12.9 Å². The molecule has 1 fully saturated rings. The van der Waals surface area contributed by atoms with E-state index in [0.29, 0.717) is 11.5 Å². The zero-order chi connectivity index (χ0) is 23.8. The van der Waals surface area contributed by atoms with Crippen LogP contribution in [0.1, 0.15) is 59.1 Å². The normalized spacial score (nSPS) is 18.0. The Balaban J connectivity index is 0.00000101. The van der Waals surface area contributed by atoms with Crippen molar-refractivity contribution in [1.29, 1.82) is 0 Å². The zero-order valence-corrected chi connectivity index (χ0v) is 20.3. The Bertz CT molecular complexity index is 908. The maximum Gasteiger partial charge on any atom is 0.762 e. The predicted molar refractivity (Wildman–Crippen MR) is 125 cm³/mol. The van der Waals surface area contributed by atoms with Crippen LogP contribution in [-0.2, 0) is 16.8 Å².